The molecule has 0 saturated heterocycles. The molecule has 0 N–H and O–H groups in total. The van der Waals surface area contributed by atoms with Gasteiger partial charge in [0, 0.05) is 5.30 Å². The molecule has 0 radical (unpaired) electrons. The molecule has 0 heterocycles. The van der Waals surface area contributed by atoms with Gasteiger partial charge in [0.15, 0.2) is 0 Å². The monoisotopic (exact) mass is 316 g/mol. The summed E-state index contributed by atoms with van der Waals surface area (Å²) in [5.41, 5.74) is 4.73. The molecule has 2 aromatic carbocycles. The van der Waals surface area contributed by atoms with Gasteiger partial charge < -0.3 is 4.52 Å². The van der Waals surface area contributed by atoms with Gasteiger partial charge in [-0.05, 0) is 63.4 Å². The first-order chi connectivity index (χ1) is 10.3. The summed E-state index contributed by atoms with van der Waals surface area (Å²) in [6.07, 6.45) is 0.379. The van der Waals surface area contributed by atoms with E-state index in [4.69, 9.17) is 4.52 Å². The summed E-state index contributed by atoms with van der Waals surface area (Å²) in [5, 5.41) is 0.795. The highest BCUT2D eigenvalue weighted by atomic mass is 31.2. The summed E-state index contributed by atoms with van der Waals surface area (Å²) in [4.78, 5) is 0. The molecular weight excluding hydrogens is 291 g/mol. The van der Waals surface area contributed by atoms with E-state index in [2.05, 4.69) is 32.9 Å². The van der Waals surface area contributed by atoms with Gasteiger partial charge in [0.25, 0.3) is 0 Å². The van der Waals surface area contributed by atoms with Gasteiger partial charge in [0.05, 0.1) is 12.3 Å². The Morgan fingerprint density at radius 1 is 1.00 bits per heavy atom. The molecule has 0 saturated carbocycles. The topological polar surface area (TPSA) is 26.3 Å². The van der Waals surface area contributed by atoms with Crippen LogP contribution in [0, 0.1) is 20.8 Å². The number of rotatable bonds is 5. The summed E-state index contributed by atoms with van der Waals surface area (Å²) in [6, 6.07) is 13.9. The maximum atomic E-state index is 13.6. The van der Waals surface area contributed by atoms with E-state index >= 15 is 0 Å². The van der Waals surface area contributed by atoms with E-state index in [1.54, 1.807) is 0 Å². The molecule has 2 rings (SSSR count). The van der Waals surface area contributed by atoms with Crippen molar-refractivity contribution >= 4 is 12.7 Å². The second-order valence-corrected chi connectivity index (χ2v) is 8.59. The number of hydrogen-bond acceptors (Lipinski definition) is 2. The summed E-state index contributed by atoms with van der Waals surface area (Å²) >= 11 is 0. The minimum Gasteiger partial charge on any atom is -0.322 e. The third-order valence-corrected chi connectivity index (χ3v) is 6.32. The van der Waals surface area contributed by atoms with Gasteiger partial charge in [0.1, 0.15) is 0 Å². The van der Waals surface area contributed by atoms with E-state index < -0.39 is 7.37 Å². The minimum atomic E-state index is -2.92. The summed E-state index contributed by atoms with van der Waals surface area (Å²) in [5.74, 6) is 0. The molecule has 118 valence electrons. The largest absolute Gasteiger partial charge is 0.322 e. The lowest BCUT2D eigenvalue weighted by Gasteiger charge is -2.23. The Labute approximate surface area is 134 Å². The SMILES string of the molecule is Cc1cc(C)c(CP(=O)(OC(C)C)c2ccccc2)c(C)c1. The van der Waals surface area contributed by atoms with Crippen LogP contribution in [0.25, 0.3) is 0 Å². The van der Waals surface area contributed by atoms with Gasteiger partial charge in [-0.25, -0.2) is 0 Å². The van der Waals surface area contributed by atoms with Crippen molar-refractivity contribution in [2.75, 3.05) is 0 Å². The Bertz CT molecular complexity index is 667. The van der Waals surface area contributed by atoms with Crippen LogP contribution in [-0.2, 0) is 15.3 Å². The van der Waals surface area contributed by atoms with Gasteiger partial charge >= 0.3 is 0 Å². The fourth-order valence-corrected chi connectivity index (χ4v) is 5.45. The highest BCUT2D eigenvalue weighted by molar-refractivity contribution is 7.66. The highest BCUT2D eigenvalue weighted by Gasteiger charge is 2.29. The molecule has 3 heteroatoms. The zero-order valence-corrected chi connectivity index (χ0v) is 15.0. The van der Waals surface area contributed by atoms with Crippen LogP contribution in [-0.4, -0.2) is 6.10 Å². The van der Waals surface area contributed by atoms with Crippen molar-refractivity contribution in [2.45, 2.75) is 46.9 Å². The van der Waals surface area contributed by atoms with Crippen molar-refractivity contribution in [3.63, 3.8) is 0 Å². The smallest absolute Gasteiger partial charge is 0.236 e. The van der Waals surface area contributed by atoms with E-state index in [9.17, 15) is 4.57 Å². The van der Waals surface area contributed by atoms with Crippen LogP contribution in [0.4, 0.5) is 0 Å². The van der Waals surface area contributed by atoms with Crippen molar-refractivity contribution in [1.82, 2.24) is 0 Å². The van der Waals surface area contributed by atoms with Crippen LogP contribution in [0.1, 0.15) is 36.1 Å². The third kappa shape index (κ3) is 3.88. The van der Waals surface area contributed by atoms with Crippen LogP contribution in [0.3, 0.4) is 0 Å². The number of hydrogen-bond donors (Lipinski definition) is 0. The van der Waals surface area contributed by atoms with E-state index in [1.165, 1.54) is 16.7 Å². The lowest BCUT2D eigenvalue weighted by Crippen LogP contribution is -2.14. The summed E-state index contributed by atoms with van der Waals surface area (Å²) in [7, 11) is -2.92. The second kappa shape index (κ2) is 6.81. The Balaban J connectivity index is 2.47. The van der Waals surface area contributed by atoms with E-state index in [0.717, 1.165) is 10.9 Å². The van der Waals surface area contributed by atoms with Crippen molar-refractivity contribution in [2.24, 2.45) is 0 Å². The van der Waals surface area contributed by atoms with Crippen molar-refractivity contribution < 1.29 is 9.09 Å². The fourth-order valence-electron chi connectivity index (χ4n) is 2.85. The molecule has 22 heavy (non-hydrogen) atoms. The van der Waals surface area contributed by atoms with Gasteiger partial charge in [-0.1, -0.05) is 35.9 Å². The van der Waals surface area contributed by atoms with Gasteiger partial charge in [-0.3, -0.25) is 4.57 Å². The average Bonchev–Trinajstić information content (AvgIpc) is 2.43. The molecule has 0 amide bonds. The molecule has 1 unspecified atom stereocenters. The second-order valence-electron chi connectivity index (χ2n) is 6.20. The Morgan fingerprint density at radius 3 is 2.05 bits per heavy atom. The van der Waals surface area contributed by atoms with Crippen LogP contribution in [0.15, 0.2) is 42.5 Å². The molecule has 0 spiro atoms. The predicted octanol–water partition coefficient (Wildman–Crippen LogP) is 5.14. The van der Waals surface area contributed by atoms with E-state index in [1.807, 2.05) is 44.2 Å². The maximum absolute atomic E-state index is 13.6. The lowest BCUT2D eigenvalue weighted by molar-refractivity contribution is 0.248. The molecular formula is C19H25O2P. The molecule has 0 aromatic heterocycles. The van der Waals surface area contributed by atoms with Crippen LogP contribution in [0.5, 0.6) is 0 Å². The zero-order valence-electron chi connectivity index (χ0n) is 14.1. The highest BCUT2D eigenvalue weighted by Crippen LogP contribution is 2.51. The molecule has 0 aliphatic rings. The standard InChI is InChI=1S/C19H25O2P/c1-14(2)21-22(20,18-9-7-6-8-10-18)13-19-16(4)11-15(3)12-17(19)5/h6-12,14H,13H2,1-5H3. The molecule has 2 aromatic rings. The molecule has 2 nitrogen and oxygen atoms in total. The Morgan fingerprint density at radius 2 is 1.55 bits per heavy atom. The molecule has 0 aliphatic carbocycles. The summed E-state index contributed by atoms with van der Waals surface area (Å²) < 4.78 is 19.5. The minimum absolute atomic E-state index is 0.0721. The molecule has 0 fully saturated rings. The molecule has 1 atom stereocenters. The summed E-state index contributed by atoms with van der Waals surface area (Å²) in [6.45, 7) is 10.1. The zero-order chi connectivity index (χ0) is 16.3. The third-order valence-electron chi connectivity index (χ3n) is 3.74. The fraction of sp³-hybridized carbons (Fsp3) is 0.368. The predicted molar refractivity (Wildman–Crippen MR) is 94.3 cm³/mol. The van der Waals surface area contributed by atoms with Gasteiger partial charge in [-0.2, -0.15) is 0 Å². The van der Waals surface area contributed by atoms with Crippen LogP contribution >= 0.6 is 7.37 Å². The van der Waals surface area contributed by atoms with Gasteiger partial charge in [0.2, 0.25) is 7.37 Å². The first-order valence-corrected chi connectivity index (χ1v) is 9.52. The average molecular weight is 316 g/mol. The molecule has 0 bridgehead atoms. The first-order valence-electron chi connectivity index (χ1n) is 7.71. The van der Waals surface area contributed by atoms with E-state index in [-0.39, 0.29) is 6.10 Å². The number of aryl methyl sites for hydroxylation is 3. The lowest BCUT2D eigenvalue weighted by atomic mass is 10.0. The van der Waals surface area contributed by atoms with E-state index in [0.29, 0.717) is 6.16 Å². The maximum Gasteiger partial charge on any atom is 0.236 e. The molecule has 0 aliphatic heterocycles. The van der Waals surface area contributed by atoms with Crippen LogP contribution < -0.4 is 5.30 Å². The normalized spacial score (nSPS) is 14.1. The van der Waals surface area contributed by atoms with Crippen molar-refractivity contribution in [3.05, 3.63) is 64.7 Å². The van der Waals surface area contributed by atoms with Crippen molar-refractivity contribution in [3.8, 4) is 0 Å². The number of benzene rings is 2. The van der Waals surface area contributed by atoms with Crippen molar-refractivity contribution in [1.29, 1.82) is 0 Å². The van der Waals surface area contributed by atoms with Crippen LogP contribution in [0.2, 0.25) is 0 Å². The quantitative estimate of drug-likeness (QED) is 0.714. The Hall–Kier alpha value is -1.37. The van der Waals surface area contributed by atoms with Gasteiger partial charge in [-0.15, -0.1) is 0 Å². The first kappa shape index (κ1) is 17.0. The Kier molecular flexibility index (Phi) is 5.26.